The summed E-state index contributed by atoms with van der Waals surface area (Å²) in [6.45, 7) is 2.23. The van der Waals surface area contributed by atoms with Gasteiger partial charge in [0.05, 0.1) is 11.7 Å². The maximum atomic E-state index is 13.8. The second-order valence-corrected chi connectivity index (χ2v) is 11.1. The van der Waals surface area contributed by atoms with Crippen molar-refractivity contribution in [1.82, 2.24) is 14.7 Å². The van der Waals surface area contributed by atoms with Gasteiger partial charge < -0.3 is 24.5 Å². The molecule has 9 nitrogen and oxygen atoms in total. The maximum Gasteiger partial charge on any atom is 0.294 e. The zero-order chi connectivity index (χ0) is 24.9. The van der Waals surface area contributed by atoms with Crippen molar-refractivity contribution in [3.05, 3.63) is 11.9 Å². The number of nitrogens with zero attached hydrogens (tertiary/aromatic N) is 3. The topological polar surface area (TPSA) is 107 Å². The Morgan fingerprint density at radius 3 is 2.44 bits per heavy atom. The van der Waals surface area contributed by atoms with E-state index in [0.29, 0.717) is 31.6 Å². The van der Waals surface area contributed by atoms with E-state index in [0.717, 1.165) is 38.5 Å². The summed E-state index contributed by atoms with van der Waals surface area (Å²) in [5.74, 6) is -2.32. The number of carbonyl (C=O) groups is 4. The molecule has 0 aromatic carbocycles. The summed E-state index contributed by atoms with van der Waals surface area (Å²) >= 11 is 0. The number of ketones is 1. The van der Waals surface area contributed by atoms with Crippen LogP contribution >= 0.6 is 0 Å². The average molecular weight is 504 g/mol. The molecule has 0 aromatic heterocycles. The molecule has 2 bridgehead atoms. The van der Waals surface area contributed by atoms with Gasteiger partial charge in [-0.05, 0) is 63.2 Å². The predicted octanol–water partition coefficient (Wildman–Crippen LogP) is 2.22. The van der Waals surface area contributed by atoms with Gasteiger partial charge in [0.1, 0.15) is 18.2 Å². The molecule has 2 unspecified atom stereocenters. The summed E-state index contributed by atoms with van der Waals surface area (Å²) in [5.41, 5.74) is -1.13. The molecular weight excluding hydrogens is 462 g/mol. The van der Waals surface area contributed by atoms with Crippen LogP contribution in [0.2, 0.25) is 0 Å². The Kier molecular flexibility index (Phi) is 7.62. The number of hydrogen-bond acceptors (Lipinski definition) is 6. The van der Waals surface area contributed by atoms with Gasteiger partial charge in [0.2, 0.25) is 11.8 Å². The lowest BCUT2D eigenvalue weighted by molar-refractivity contribution is -0.171. The molecule has 3 aliphatic heterocycles. The summed E-state index contributed by atoms with van der Waals surface area (Å²) in [7, 11) is 1.59. The number of piperazine rings is 1. The van der Waals surface area contributed by atoms with E-state index in [1.807, 2.05) is 6.92 Å². The molecule has 5 atom stereocenters. The van der Waals surface area contributed by atoms with E-state index in [-0.39, 0.29) is 50.1 Å². The van der Waals surface area contributed by atoms with Crippen LogP contribution < -0.4 is 0 Å². The zero-order valence-electron chi connectivity index (χ0n) is 20.8. The minimum absolute atomic E-state index is 0. The van der Waals surface area contributed by atoms with Gasteiger partial charge in [0, 0.05) is 26.0 Å². The van der Waals surface area contributed by atoms with Crippen LogP contribution in [0.3, 0.4) is 0 Å². The predicted molar refractivity (Wildman–Crippen MR) is 132 cm³/mol. The van der Waals surface area contributed by atoms with E-state index in [9.17, 15) is 24.3 Å². The van der Waals surface area contributed by atoms with E-state index in [4.69, 9.17) is 4.74 Å². The minimum Gasteiger partial charge on any atom is -0.384 e. The molecule has 0 radical (unpaired) electrons. The highest BCUT2D eigenvalue weighted by Gasteiger charge is 2.56. The number of hydrogen-bond donors (Lipinski definition) is 1. The Bertz CT molecular complexity index is 944. The minimum atomic E-state index is -1.76. The first-order valence-corrected chi connectivity index (χ1v) is 13.2. The van der Waals surface area contributed by atoms with E-state index >= 15 is 0 Å². The number of fused-ring (bicyclic) bond motifs is 4. The number of methoxy groups -OCH3 is 1. The van der Waals surface area contributed by atoms with Crippen molar-refractivity contribution in [2.24, 2.45) is 11.8 Å². The first-order valence-electron chi connectivity index (χ1n) is 13.2. The second kappa shape index (κ2) is 10.2. The summed E-state index contributed by atoms with van der Waals surface area (Å²) in [6, 6.07) is -1.09. The van der Waals surface area contributed by atoms with Gasteiger partial charge in [-0.3, -0.25) is 19.2 Å². The van der Waals surface area contributed by atoms with Crippen LogP contribution in [0.15, 0.2) is 11.9 Å². The van der Waals surface area contributed by atoms with Gasteiger partial charge in [-0.2, -0.15) is 0 Å². The maximum absolute atomic E-state index is 13.8. The highest BCUT2D eigenvalue weighted by atomic mass is 16.5. The third-order valence-corrected chi connectivity index (χ3v) is 9.05. The Morgan fingerprint density at radius 2 is 1.75 bits per heavy atom. The monoisotopic (exact) mass is 503 g/mol. The van der Waals surface area contributed by atoms with Crippen LogP contribution in [0.25, 0.3) is 0 Å². The largest absolute Gasteiger partial charge is 0.384 e. The second-order valence-electron chi connectivity index (χ2n) is 11.1. The molecule has 3 heterocycles. The third kappa shape index (κ3) is 4.28. The summed E-state index contributed by atoms with van der Waals surface area (Å²) in [4.78, 5) is 58.5. The number of amides is 3. The van der Waals surface area contributed by atoms with Gasteiger partial charge in [-0.25, -0.2) is 0 Å². The van der Waals surface area contributed by atoms with Crippen LogP contribution in [0, 0.1) is 11.8 Å². The molecule has 9 heteroatoms. The number of ether oxygens (including phenoxy) is 1. The fourth-order valence-electron chi connectivity index (χ4n) is 7.02. The molecular formula is C27H41N3O6. The molecule has 0 aromatic rings. The molecule has 2 saturated heterocycles. The van der Waals surface area contributed by atoms with E-state index in [2.05, 4.69) is 0 Å². The van der Waals surface area contributed by atoms with E-state index < -0.39 is 29.4 Å². The summed E-state index contributed by atoms with van der Waals surface area (Å²) in [5, 5.41) is 11.5. The first kappa shape index (κ1) is 26.8. The molecule has 1 N–H and O–H groups in total. The Labute approximate surface area is 213 Å². The van der Waals surface area contributed by atoms with Crippen molar-refractivity contribution >= 4 is 23.5 Å². The quantitative estimate of drug-likeness (QED) is 0.577. The molecule has 2 aliphatic carbocycles. The number of Topliss-reactive ketones (excluding diaryl/α,β-unsaturated/α-hetero) is 1. The van der Waals surface area contributed by atoms with Crippen molar-refractivity contribution in [3.8, 4) is 0 Å². The summed E-state index contributed by atoms with van der Waals surface area (Å²) in [6.07, 6.45) is 9.28. The lowest BCUT2D eigenvalue weighted by Crippen LogP contribution is -2.69. The van der Waals surface area contributed by atoms with Crippen molar-refractivity contribution in [2.75, 3.05) is 20.3 Å². The van der Waals surface area contributed by atoms with E-state index in [1.54, 1.807) is 18.2 Å². The molecule has 200 valence electrons. The Morgan fingerprint density at radius 1 is 1.06 bits per heavy atom. The molecule has 3 amide bonds. The highest BCUT2D eigenvalue weighted by Crippen LogP contribution is 2.42. The first-order chi connectivity index (χ1) is 16.8. The van der Waals surface area contributed by atoms with Crippen molar-refractivity contribution in [3.63, 3.8) is 0 Å². The van der Waals surface area contributed by atoms with Gasteiger partial charge in [0.25, 0.3) is 11.7 Å². The lowest BCUT2D eigenvalue weighted by Gasteiger charge is -2.52. The SMILES string of the molecule is C.COC[C@@H]1CC[C@@H](C)[C@](O)(C(=O)C(=O)N2C3CCCC2C2=CN(C4CCCC4)C(=O)CN2C3=O)C1. The van der Waals surface area contributed by atoms with Crippen LogP contribution in [0.5, 0.6) is 0 Å². The van der Waals surface area contributed by atoms with Crippen molar-refractivity contribution in [2.45, 2.75) is 102 Å². The van der Waals surface area contributed by atoms with Crippen molar-refractivity contribution < 1.29 is 29.0 Å². The fraction of sp³-hybridized carbons (Fsp3) is 0.778. The number of aliphatic hydroxyl groups is 1. The number of carbonyl (C=O) groups excluding carboxylic acids is 4. The molecule has 36 heavy (non-hydrogen) atoms. The standard InChI is InChI=1S/C26H37N3O6.CH4/c1-16-10-11-17(15-35-2)12-26(16,34)23(31)25(33)29-19-8-5-9-20(29)24(32)28-14-22(30)27(13-21(19)28)18-6-3-4-7-18;/h13,16-20,34H,3-12,14-15H2,1-2H3;1H4/t16-,17-,19?,20?,26+;/m1./s1. The molecule has 2 saturated carbocycles. The van der Waals surface area contributed by atoms with Crippen LogP contribution in [-0.2, 0) is 23.9 Å². The van der Waals surface area contributed by atoms with Gasteiger partial charge in [-0.15, -0.1) is 0 Å². The normalized spacial score (nSPS) is 34.8. The number of piperidine rings is 1. The molecule has 5 rings (SSSR count). The van der Waals surface area contributed by atoms with Gasteiger partial charge in [0.15, 0.2) is 0 Å². The van der Waals surface area contributed by atoms with E-state index in [1.165, 1.54) is 9.80 Å². The number of rotatable bonds is 5. The van der Waals surface area contributed by atoms with Crippen LogP contribution in [0.4, 0.5) is 0 Å². The average Bonchev–Trinajstić information content (AvgIpc) is 3.38. The molecule has 0 spiro atoms. The van der Waals surface area contributed by atoms with Crippen LogP contribution in [0.1, 0.15) is 78.6 Å². The zero-order valence-corrected chi connectivity index (χ0v) is 20.8. The Hall–Kier alpha value is -2.26. The van der Waals surface area contributed by atoms with Gasteiger partial charge >= 0.3 is 0 Å². The van der Waals surface area contributed by atoms with Crippen LogP contribution in [-0.4, -0.2) is 87.3 Å². The fourth-order valence-corrected chi connectivity index (χ4v) is 7.02. The third-order valence-electron chi connectivity index (χ3n) is 9.05. The highest BCUT2D eigenvalue weighted by molar-refractivity contribution is 6.39. The van der Waals surface area contributed by atoms with Gasteiger partial charge in [-0.1, -0.05) is 27.2 Å². The summed E-state index contributed by atoms with van der Waals surface area (Å²) < 4.78 is 5.25. The Balaban J connectivity index is 0.00000304. The molecule has 4 fully saturated rings. The molecule has 5 aliphatic rings. The smallest absolute Gasteiger partial charge is 0.294 e. The van der Waals surface area contributed by atoms with Crippen molar-refractivity contribution in [1.29, 1.82) is 0 Å². The lowest BCUT2D eigenvalue weighted by atomic mass is 9.69.